The molecule has 0 bridgehead atoms. The van der Waals surface area contributed by atoms with Crippen LogP contribution in [0.5, 0.6) is 0 Å². The number of hydrogen-bond acceptors (Lipinski definition) is 10. The molecule has 0 aliphatic carbocycles. The predicted molar refractivity (Wildman–Crippen MR) is 153 cm³/mol. The molecule has 11 heteroatoms. The number of amides is 1. The molecular weight excluding hydrogens is 512 g/mol. The summed E-state index contributed by atoms with van der Waals surface area (Å²) in [5.41, 5.74) is 14.5. The van der Waals surface area contributed by atoms with E-state index >= 15 is 0 Å². The molecule has 4 aromatic rings. The zero-order valence-corrected chi connectivity index (χ0v) is 22.4. The van der Waals surface area contributed by atoms with Crippen LogP contribution in [0.4, 0.5) is 17.5 Å². The molecule has 0 saturated carbocycles. The van der Waals surface area contributed by atoms with Crippen LogP contribution in [0.15, 0.2) is 54.6 Å². The number of ether oxygens (including phenoxy) is 2. The first-order valence-electron chi connectivity index (χ1n) is 13.0. The fourth-order valence-electron chi connectivity index (χ4n) is 4.40. The van der Waals surface area contributed by atoms with Crippen molar-refractivity contribution in [1.82, 2.24) is 15.3 Å². The first-order valence-corrected chi connectivity index (χ1v) is 13.0. The number of fused-ring (bicyclic) bond motifs is 2. The van der Waals surface area contributed by atoms with Crippen LogP contribution in [-0.2, 0) is 25.6 Å². The third kappa shape index (κ3) is 6.55. The zero-order chi connectivity index (χ0) is 28.6. The number of rotatable bonds is 11. The van der Waals surface area contributed by atoms with E-state index in [4.69, 9.17) is 20.9 Å². The topological polar surface area (TPSA) is 172 Å². The van der Waals surface area contributed by atoms with Crippen molar-refractivity contribution in [3.8, 4) is 0 Å². The van der Waals surface area contributed by atoms with Gasteiger partial charge in [0.05, 0.1) is 18.7 Å². The van der Waals surface area contributed by atoms with Gasteiger partial charge < -0.3 is 31.6 Å². The average Bonchev–Trinajstić information content (AvgIpc) is 2.94. The molecule has 11 nitrogen and oxygen atoms in total. The number of esters is 2. The molecule has 40 heavy (non-hydrogen) atoms. The fraction of sp³-hybridized carbons (Fsp3) is 0.276. The molecule has 4 rings (SSSR count). The summed E-state index contributed by atoms with van der Waals surface area (Å²) in [6.45, 7) is 4.25. The summed E-state index contributed by atoms with van der Waals surface area (Å²) in [4.78, 5) is 45.9. The molecule has 6 N–H and O–H groups in total. The second kappa shape index (κ2) is 12.7. The van der Waals surface area contributed by atoms with Gasteiger partial charge in [-0.1, -0.05) is 30.3 Å². The minimum Gasteiger partial charge on any atom is -0.466 e. The highest BCUT2D eigenvalue weighted by Crippen LogP contribution is 2.28. The number of nitrogens with one attached hydrogen (secondary N) is 2. The molecule has 0 saturated heterocycles. The Labute approximate surface area is 231 Å². The maximum atomic E-state index is 13.3. The Balaban J connectivity index is 1.54. The second-order valence-electron chi connectivity index (χ2n) is 9.00. The number of benzene rings is 3. The van der Waals surface area contributed by atoms with E-state index in [1.54, 1.807) is 19.9 Å². The van der Waals surface area contributed by atoms with Gasteiger partial charge in [-0.3, -0.25) is 9.59 Å². The summed E-state index contributed by atoms with van der Waals surface area (Å²) in [5, 5.41) is 8.40. The molecule has 3 aromatic carbocycles. The second-order valence-corrected chi connectivity index (χ2v) is 9.00. The van der Waals surface area contributed by atoms with Crippen LogP contribution < -0.4 is 22.1 Å². The first kappa shape index (κ1) is 28.1. The molecule has 0 fully saturated rings. The Morgan fingerprint density at radius 2 is 1.65 bits per heavy atom. The van der Waals surface area contributed by atoms with Crippen molar-refractivity contribution in [2.75, 3.05) is 30.0 Å². The molecule has 1 amide bonds. The smallest absolute Gasteiger partial charge is 0.328 e. The quantitative estimate of drug-likeness (QED) is 0.205. The fourth-order valence-corrected chi connectivity index (χ4v) is 4.40. The van der Waals surface area contributed by atoms with Crippen molar-refractivity contribution in [3.63, 3.8) is 0 Å². The zero-order valence-electron chi connectivity index (χ0n) is 22.4. The Bertz CT molecular complexity index is 1560. The van der Waals surface area contributed by atoms with Crippen LogP contribution in [-0.4, -0.2) is 47.1 Å². The maximum Gasteiger partial charge on any atom is 0.328 e. The molecule has 0 radical (unpaired) electrons. The lowest BCUT2D eigenvalue weighted by atomic mass is 10.0. The molecule has 0 aliphatic rings. The van der Waals surface area contributed by atoms with Crippen molar-refractivity contribution in [2.45, 2.75) is 39.3 Å². The summed E-state index contributed by atoms with van der Waals surface area (Å²) in [6, 6.07) is 15.7. The lowest BCUT2D eigenvalue weighted by molar-refractivity contribution is -0.146. The third-order valence-electron chi connectivity index (χ3n) is 6.28. The van der Waals surface area contributed by atoms with E-state index in [0.29, 0.717) is 34.2 Å². The summed E-state index contributed by atoms with van der Waals surface area (Å²) >= 11 is 0. The van der Waals surface area contributed by atoms with Crippen LogP contribution in [0, 0.1) is 0 Å². The molecule has 1 atom stereocenters. The molecule has 1 heterocycles. The Morgan fingerprint density at radius 3 is 2.40 bits per heavy atom. The molecule has 0 spiro atoms. The monoisotopic (exact) mass is 544 g/mol. The van der Waals surface area contributed by atoms with Gasteiger partial charge in [-0.05, 0) is 55.5 Å². The van der Waals surface area contributed by atoms with Crippen molar-refractivity contribution >= 4 is 57.0 Å². The number of nitrogens with two attached hydrogens (primary N) is 2. The van der Waals surface area contributed by atoms with E-state index in [1.165, 1.54) is 0 Å². The molecule has 0 aliphatic heterocycles. The largest absolute Gasteiger partial charge is 0.466 e. The first-order chi connectivity index (χ1) is 19.3. The summed E-state index contributed by atoms with van der Waals surface area (Å²) < 4.78 is 10.1. The maximum absolute atomic E-state index is 13.3. The van der Waals surface area contributed by atoms with E-state index in [1.807, 2.05) is 48.5 Å². The van der Waals surface area contributed by atoms with Crippen molar-refractivity contribution in [2.24, 2.45) is 0 Å². The number of carbonyl (C=O) groups is 3. The van der Waals surface area contributed by atoms with E-state index in [2.05, 4.69) is 20.6 Å². The number of anilines is 3. The van der Waals surface area contributed by atoms with Gasteiger partial charge in [0.15, 0.2) is 0 Å². The van der Waals surface area contributed by atoms with Crippen LogP contribution in [0.3, 0.4) is 0 Å². The van der Waals surface area contributed by atoms with Crippen LogP contribution >= 0.6 is 0 Å². The number of hydrogen-bond donors (Lipinski definition) is 4. The third-order valence-corrected chi connectivity index (χ3v) is 6.28. The SMILES string of the molecule is CCOC(=O)CC[C@H](NC(=O)c1ccc(NCc2ccc3nc(N)nc(N)c3c2)c2ccccc12)C(=O)OCC. The summed E-state index contributed by atoms with van der Waals surface area (Å²) in [7, 11) is 0. The van der Waals surface area contributed by atoms with Crippen molar-refractivity contribution in [1.29, 1.82) is 0 Å². The lowest BCUT2D eigenvalue weighted by Crippen LogP contribution is -2.42. The van der Waals surface area contributed by atoms with Crippen LogP contribution in [0.2, 0.25) is 0 Å². The van der Waals surface area contributed by atoms with Gasteiger partial charge in [0.25, 0.3) is 5.91 Å². The predicted octanol–water partition coefficient (Wildman–Crippen LogP) is 3.56. The number of aromatic nitrogens is 2. The van der Waals surface area contributed by atoms with Gasteiger partial charge in [-0.15, -0.1) is 0 Å². The van der Waals surface area contributed by atoms with Crippen molar-refractivity contribution in [3.05, 3.63) is 65.7 Å². The highest BCUT2D eigenvalue weighted by atomic mass is 16.5. The van der Waals surface area contributed by atoms with Gasteiger partial charge in [0.1, 0.15) is 11.9 Å². The highest BCUT2D eigenvalue weighted by molar-refractivity contribution is 6.11. The summed E-state index contributed by atoms with van der Waals surface area (Å²) in [6.07, 6.45) is 0.0377. The van der Waals surface area contributed by atoms with Crippen LogP contribution in [0.1, 0.15) is 42.6 Å². The minimum absolute atomic E-state index is 0.0266. The van der Waals surface area contributed by atoms with Crippen molar-refractivity contribution < 1.29 is 23.9 Å². The standard InChI is InChI=1S/C29H32N6O5/c1-3-39-25(36)14-13-24(28(38)40-4-2)33-27(37)20-10-12-22(19-8-6-5-7-18(19)20)32-16-17-9-11-23-21(15-17)26(30)35-29(31)34-23/h5-12,15,24,32H,3-4,13-14,16H2,1-2H3,(H,33,37)(H4,30,31,34,35)/t24-/m0/s1. The molecule has 208 valence electrons. The number of nitrogen functional groups attached to an aromatic ring is 2. The number of nitrogens with zero attached hydrogens (tertiary/aromatic N) is 2. The average molecular weight is 545 g/mol. The summed E-state index contributed by atoms with van der Waals surface area (Å²) in [5.74, 6) is -1.06. The van der Waals surface area contributed by atoms with E-state index < -0.39 is 23.9 Å². The number of carbonyl (C=O) groups excluding carboxylic acids is 3. The molecular formula is C29H32N6O5. The minimum atomic E-state index is -0.993. The highest BCUT2D eigenvalue weighted by Gasteiger charge is 2.25. The van der Waals surface area contributed by atoms with Gasteiger partial charge in [0, 0.05) is 35.0 Å². The van der Waals surface area contributed by atoms with Gasteiger partial charge in [0.2, 0.25) is 5.95 Å². The Morgan fingerprint density at radius 1 is 0.900 bits per heavy atom. The van der Waals surface area contributed by atoms with E-state index in [0.717, 1.165) is 16.6 Å². The van der Waals surface area contributed by atoms with Gasteiger partial charge >= 0.3 is 11.9 Å². The molecule has 0 unspecified atom stereocenters. The normalized spacial score (nSPS) is 11.7. The van der Waals surface area contributed by atoms with E-state index in [-0.39, 0.29) is 32.0 Å². The van der Waals surface area contributed by atoms with Crippen LogP contribution in [0.25, 0.3) is 21.7 Å². The van der Waals surface area contributed by atoms with Gasteiger partial charge in [-0.25, -0.2) is 9.78 Å². The Hall–Kier alpha value is -4.93. The Kier molecular flexibility index (Phi) is 8.95. The van der Waals surface area contributed by atoms with E-state index in [9.17, 15) is 14.4 Å². The lowest BCUT2D eigenvalue weighted by Gasteiger charge is -2.18. The molecule has 1 aromatic heterocycles. The van der Waals surface area contributed by atoms with Gasteiger partial charge in [-0.2, -0.15) is 4.98 Å².